The van der Waals surface area contributed by atoms with Crippen LogP contribution in [0.4, 0.5) is 0 Å². The van der Waals surface area contributed by atoms with E-state index >= 15 is 0 Å². The number of hydrogen-bond donors (Lipinski definition) is 2. The molecule has 1 N–H and O–H groups in total. The summed E-state index contributed by atoms with van der Waals surface area (Å²) in [6.07, 6.45) is 3.98. The summed E-state index contributed by atoms with van der Waals surface area (Å²) in [5, 5.41) is 3.32. The molecule has 0 spiro atoms. The lowest BCUT2D eigenvalue weighted by atomic mass is 9.96. The Bertz CT molecular complexity index is 243. The first kappa shape index (κ1) is 9.39. The second-order valence-corrected chi connectivity index (χ2v) is 3.41. The number of thiol groups is 1. The van der Waals surface area contributed by atoms with Crippen LogP contribution in [0, 0.1) is 5.92 Å². The van der Waals surface area contributed by atoms with Crippen molar-refractivity contribution in [1.82, 2.24) is 5.32 Å². The maximum absolute atomic E-state index is 4.49. The smallest absolute Gasteiger partial charge is 0.0495 e. The van der Waals surface area contributed by atoms with Gasteiger partial charge in [-0.05, 0) is 18.9 Å². The largest absolute Gasteiger partial charge is 0.391 e. The predicted octanol–water partition coefficient (Wildman–Crippen LogP) is 1.62. The van der Waals surface area contributed by atoms with Crippen LogP contribution < -0.4 is 5.32 Å². The first-order chi connectivity index (χ1) is 5.70. The Morgan fingerprint density at radius 1 is 1.58 bits per heavy atom. The molecular formula is C9H14N2S. The van der Waals surface area contributed by atoms with Gasteiger partial charge in [-0.3, -0.25) is 4.99 Å². The van der Waals surface area contributed by atoms with E-state index in [2.05, 4.69) is 36.6 Å². The van der Waals surface area contributed by atoms with E-state index in [9.17, 15) is 0 Å². The van der Waals surface area contributed by atoms with Crippen molar-refractivity contribution in [2.75, 3.05) is 7.05 Å². The van der Waals surface area contributed by atoms with Crippen LogP contribution in [-0.2, 0) is 0 Å². The number of rotatable bonds is 2. The van der Waals surface area contributed by atoms with Gasteiger partial charge in [0, 0.05) is 29.6 Å². The quantitative estimate of drug-likeness (QED) is 0.492. The van der Waals surface area contributed by atoms with Gasteiger partial charge in [0.15, 0.2) is 0 Å². The molecule has 0 saturated carbocycles. The number of nitrogens with zero attached hydrogens (tertiary/aromatic N) is 1. The van der Waals surface area contributed by atoms with Crippen molar-refractivity contribution < 1.29 is 0 Å². The molecule has 1 rings (SSSR count). The molecule has 0 fully saturated rings. The maximum Gasteiger partial charge on any atom is 0.0495 e. The lowest BCUT2D eigenvalue weighted by molar-refractivity contribution is 0.647. The van der Waals surface area contributed by atoms with Crippen LogP contribution in [0.2, 0.25) is 0 Å². The van der Waals surface area contributed by atoms with Gasteiger partial charge in [-0.1, -0.05) is 6.92 Å². The highest BCUT2D eigenvalue weighted by Crippen LogP contribution is 2.28. The lowest BCUT2D eigenvalue weighted by Gasteiger charge is -2.25. The first-order valence-corrected chi connectivity index (χ1v) is 4.46. The number of aliphatic imine (C=N–C) groups is 1. The van der Waals surface area contributed by atoms with Crippen molar-refractivity contribution in [3.05, 3.63) is 23.5 Å². The minimum Gasteiger partial charge on any atom is -0.391 e. The van der Waals surface area contributed by atoms with Crippen LogP contribution in [0.1, 0.15) is 6.92 Å². The third kappa shape index (κ3) is 1.55. The molecule has 0 aromatic heterocycles. The molecule has 1 aliphatic rings. The summed E-state index contributed by atoms with van der Waals surface area (Å²) < 4.78 is 0. The zero-order valence-corrected chi connectivity index (χ0v) is 8.31. The highest BCUT2D eigenvalue weighted by atomic mass is 32.1. The second kappa shape index (κ2) is 3.81. The zero-order chi connectivity index (χ0) is 9.14. The minimum atomic E-state index is 0.209. The van der Waals surface area contributed by atoms with Gasteiger partial charge in [-0.2, -0.15) is 12.6 Å². The molecule has 2 unspecified atom stereocenters. The van der Waals surface area contributed by atoms with E-state index in [0.717, 1.165) is 11.4 Å². The summed E-state index contributed by atoms with van der Waals surface area (Å²) in [5.74, 6) is 0.332. The fourth-order valence-corrected chi connectivity index (χ4v) is 1.65. The molecular weight excluding hydrogens is 168 g/mol. The van der Waals surface area contributed by atoms with Crippen LogP contribution in [0.25, 0.3) is 0 Å². The second-order valence-electron chi connectivity index (χ2n) is 2.86. The third-order valence-electron chi connectivity index (χ3n) is 2.16. The van der Waals surface area contributed by atoms with E-state index in [-0.39, 0.29) is 5.25 Å². The first-order valence-electron chi connectivity index (χ1n) is 3.95. The summed E-state index contributed by atoms with van der Waals surface area (Å²) in [7, 11) is 1.90. The molecule has 0 aromatic rings. The van der Waals surface area contributed by atoms with Gasteiger partial charge in [0.1, 0.15) is 0 Å². The Balaban J connectivity index is 2.91. The van der Waals surface area contributed by atoms with Crippen molar-refractivity contribution in [2.24, 2.45) is 10.9 Å². The number of nitrogens with one attached hydrogen (secondary N) is 1. The van der Waals surface area contributed by atoms with E-state index < -0.39 is 0 Å². The maximum atomic E-state index is 4.49. The predicted molar refractivity (Wildman–Crippen MR) is 56.7 cm³/mol. The normalized spacial score (nSPS) is 28.9. The van der Waals surface area contributed by atoms with Gasteiger partial charge in [0.05, 0.1) is 0 Å². The minimum absolute atomic E-state index is 0.209. The Hall–Kier alpha value is -0.700. The molecule has 3 heteroatoms. The summed E-state index contributed by atoms with van der Waals surface area (Å²) in [6.45, 7) is 5.62. The molecule has 0 saturated heterocycles. The SMILES string of the molecule is C=NC1=CC=C(NC)C(S)C1C. The molecule has 0 aromatic carbocycles. The lowest BCUT2D eigenvalue weighted by Crippen LogP contribution is -2.26. The van der Waals surface area contributed by atoms with E-state index in [1.807, 2.05) is 19.2 Å². The van der Waals surface area contributed by atoms with Crippen LogP contribution in [0.15, 0.2) is 28.5 Å². The van der Waals surface area contributed by atoms with E-state index in [4.69, 9.17) is 0 Å². The monoisotopic (exact) mass is 182 g/mol. The van der Waals surface area contributed by atoms with E-state index in [1.165, 1.54) is 0 Å². The standard InChI is InChI=1S/C9H14N2S/c1-6-7(10-2)4-5-8(11-3)9(6)12/h4-6,9,11-12H,2H2,1,3H3. The molecule has 2 atom stereocenters. The zero-order valence-electron chi connectivity index (χ0n) is 7.41. The fourth-order valence-electron chi connectivity index (χ4n) is 1.28. The third-order valence-corrected chi connectivity index (χ3v) is 2.89. The topological polar surface area (TPSA) is 24.4 Å². The van der Waals surface area contributed by atoms with Crippen LogP contribution in [0.3, 0.4) is 0 Å². The summed E-state index contributed by atoms with van der Waals surface area (Å²) in [5.41, 5.74) is 2.15. The molecule has 0 bridgehead atoms. The van der Waals surface area contributed by atoms with Gasteiger partial charge in [-0.15, -0.1) is 0 Å². The molecule has 1 aliphatic carbocycles. The van der Waals surface area contributed by atoms with E-state index in [1.54, 1.807) is 0 Å². The summed E-state index contributed by atoms with van der Waals surface area (Å²) >= 11 is 4.49. The Labute approximate surface area is 78.9 Å². The van der Waals surface area contributed by atoms with Crippen LogP contribution in [-0.4, -0.2) is 19.0 Å². The van der Waals surface area contributed by atoms with Gasteiger partial charge < -0.3 is 5.32 Å². The summed E-state index contributed by atoms with van der Waals surface area (Å²) in [6, 6.07) is 0. The molecule has 0 radical (unpaired) electrons. The molecule has 0 heterocycles. The van der Waals surface area contributed by atoms with Crippen LogP contribution >= 0.6 is 12.6 Å². The van der Waals surface area contributed by atoms with Gasteiger partial charge in [0.25, 0.3) is 0 Å². The van der Waals surface area contributed by atoms with Crippen LogP contribution in [0.5, 0.6) is 0 Å². The Morgan fingerprint density at radius 3 is 2.75 bits per heavy atom. The van der Waals surface area contributed by atoms with Crippen molar-refractivity contribution in [1.29, 1.82) is 0 Å². The van der Waals surface area contributed by atoms with Crippen molar-refractivity contribution in [3.63, 3.8) is 0 Å². The Morgan fingerprint density at radius 2 is 2.25 bits per heavy atom. The fraction of sp³-hybridized carbons (Fsp3) is 0.444. The van der Waals surface area contributed by atoms with Crippen molar-refractivity contribution in [3.8, 4) is 0 Å². The molecule has 12 heavy (non-hydrogen) atoms. The van der Waals surface area contributed by atoms with E-state index in [0.29, 0.717) is 5.92 Å². The molecule has 66 valence electrons. The van der Waals surface area contributed by atoms with Crippen molar-refractivity contribution in [2.45, 2.75) is 12.2 Å². The van der Waals surface area contributed by atoms with Gasteiger partial charge in [-0.25, -0.2) is 0 Å². The number of allylic oxidation sites excluding steroid dienone is 3. The highest BCUT2D eigenvalue weighted by Gasteiger charge is 2.22. The van der Waals surface area contributed by atoms with Gasteiger partial charge in [0.2, 0.25) is 0 Å². The number of hydrogen-bond acceptors (Lipinski definition) is 3. The van der Waals surface area contributed by atoms with Gasteiger partial charge >= 0.3 is 0 Å². The molecule has 2 nitrogen and oxygen atoms in total. The Kier molecular flexibility index (Phi) is 2.98. The highest BCUT2D eigenvalue weighted by molar-refractivity contribution is 7.81. The average molecular weight is 182 g/mol. The van der Waals surface area contributed by atoms with Crippen molar-refractivity contribution >= 4 is 19.3 Å². The molecule has 0 aliphatic heterocycles. The summed E-state index contributed by atoms with van der Waals surface area (Å²) in [4.78, 5) is 3.94. The molecule has 0 amide bonds. The average Bonchev–Trinajstić information content (AvgIpc) is 2.10.